The highest BCUT2D eigenvalue weighted by molar-refractivity contribution is 5.83. The van der Waals surface area contributed by atoms with Crippen molar-refractivity contribution in [3.63, 3.8) is 0 Å². The predicted octanol–water partition coefficient (Wildman–Crippen LogP) is 5.61. The molecular formula is C29H35F2N7O. The van der Waals surface area contributed by atoms with E-state index in [-0.39, 0.29) is 29.8 Å². The number of aryl methyl sites for hydroxylation is 1. The minimum atomic E-state index is -0.645. The Kier molecular flexibility index (Phi) is 7.86. The highest BCUT2D eigenvalue weighted by Crippen LogP contribution is 2.33. The number of fused-ring (bicyclic) bond motifs is 1. The summed E-state index contributed by atoms with van der Waals surface area (Å²) in [5.41, 5.74) is 2.32. The first kappa shape index (κ1) is 27.1. The molecule has 4 heterocycles. The summed E-state index contributed by atoms with van der Waals surface area (Å²) in [5, 5.41) is 12.2. The number of nitrogens with one attached hydrogen (secondary N) is 1. The number of aromatic nitrogens is 5. The summed E-state index contributed by atoms with van der Waals surface area (Å²) in [6.45, 7) is 11.0. The second-order valence-corrected chi connectivity index (χ2v) is 10.6. The lowest BCUT2D eigenvalue weighted by molar-refractivity contribution is 0.140. The number of piperidine rings is 1. The van der Waals surface area contributed by atoms with Gasteiger partial charge in [-0.3, -0.25) is 0 Å². The molecule has 0 saturated carbocycles. The van der Waals surface area contributed by atoms with Crippen molar-refractivity contribution >= 4 is 22.8 Å². The van der Waals surface area contributed by atoms with E-state index in [4.69, 9.17) is 5.11 Å². The van der Waals surface area contributed by atoms with E-state index in [1.165, 1.54) is 6.07 Å². The lowest BCUT2D eigenvalue weighted by atomic mass is 9.82. The molecule has 3 aromatic heterocycles. The van der Waals surface area contributed by atoms with Gasteiger partial charge in [-0.15, -0.1) is 0 Å². The van der Waals surface area contributed by atoms with Crippen molar-refractivity contribution in [2.45, 2.75) is 52.5 Å². The molecule has 0 aliphatic carbocycles. The molecule has 39 heavy (non-hydrogen) atoms. The van der Waals surface area contributed by atoms with Crippen LogP contribution >= 0.6 is 0 Å². The van der Waals surface area contributed by atoms with Crippen molar-refractivity contribution in [1.82, 2.24) is 29.4 Å². The molecule has 0 bridgehead atoms. The maximum absolute atomic E-state index is 15.0. The van der Waals surface area contributed by atoms with Gasteiger partial charge in [-0.1, -0.05) is 13.0 Å². The summed E-state index contributed by atoms with van der Waals surface area (Å²) in [6, 6.07) is 6.96. The van der Waals surface area contributed by atoms with Gasteiger partial charge in [0.05, 0.1) is 18.3 Å². The number of hydrogen-bond acceptors (Lipinski definition) is 7. The molecule has 1 aliphatic heterocycles. The molecule has 8 nitrogen and oxygen atoms in total. The fourth-order valence-corrected chi connectivity index (χ4v) is 5.64. The zero-order valence-electron chi connectivity index (χ0n) is 22.8. The number of anilines is 2. The van der Waals surface area contributed by atoms with Crippen LogP contribution in [0, 0.1) is 24.5 Å². The maximum Gasteiger partial charge on any atom is 0.229 e. The molecule has 2 N–H and O–H groups in total. The summed E-state index contributed by atoms with van der Waals surface area (Å²) < 4.78 is 31.7. The number of benzene rings is 1. The summed E-state index contributed by atoms with van der Waals surface area (Å²) in [5.74, 6) is 1.16. The maximum atomic E-state index is 15.0. The van der Waals surface area contributed by atoms with Crippen LogP contribution in [0.5, 0.6) is 0 Å². The highest BCUT2D eigenvalue weighted by atomic mass is 19.1. The summed E-state index contributed by atoms with van der Waals surface area (Å²) in [4.78, 5) is 19.6. The third kappa shape index (κ3) is 5.62. The van der Waals surface area contributed by atoms with Crippen LogP contribution in [0.25, 0.3) is 22.3 Å². The molecule has 1 fully saturated rings. The van der Waals surface area contributed by atoms with Crippen LogP contribution in [0.3, 0.4) is 0 Å². The van der Waals surface area contributed by atoms with Crippen LogP contribution in [0.2, 0.25) is 0 Å². The minimum absolute atomic E-state index is 0.000224. The highest BCUT2D eigenvalue weighted by Gasteiger charge is 2.25. The normalized spacial score (nSPS) is 15.8. The second-order valence-electron chi connectivity index (χ2n) is 10.6. The third-order valence-corrected chi connectivity index (χ3v) is 7.77. The Morgan fingerprint density at radius 1 is 1.03 bits per heavy atom. The topological polar surface area (TPSA) is 92.0 Å². The summed E-state index contributed by atoms with van der Waals surface area (Å²) in [7, 11) is 0. The molecule has 206 valence electrons. The average Bonchev–Trinajstić information content (AvgIpc) is 3.27. The number of halogens is 2. The Morgan fingerprint density at radius 3 is 2.46 bits per heavy atom. The Bertz CT molecular complexity index is 1450. The number of aliphatic hydroxyl groups is 1. The van der Waals surface area contributed by atoms with Gasteiger partial charge in [0.1, 0.15) is 22.9 Å². The quantitative estimate of drug-likeness (QED) is 0.303. The van der Waals surface area contributed by atoms with Gasteiger partial charge in [-0.25, -0.2) is 28.7 Å². The van der Waals surface area contributed by atoms with Crippen molar-refractivity contribution in [2.24, 2.45) is 5.92 Å². The van der Waals surface area contributed by atoms with E-state index in [1.54, 1.807) is 6.07 Å². The molecule has 0 unspecified atom stereocenters. The fourth-order valence-electron chi connectivity index (χ4n) is 5.64. The molecule has 1 saturated heterocycles. The molecule has 0 radical (unpaired) electrons. The molecule has 1 aliphatic rings. The molecule has 0 amide bonds. The Balaban J connectivity index is 1.34. The number of aliphatic hydroxyl groups excluding tert-OH is 1. The van der Waals surface area contributed by atoms with Crippen molar-refractivity contribution < 1.29 is 13.9 Å². The third-order valence-electron chi connectivity index (χ3n) is 7.77. The van der Waals surface area contributed by atoms with Crippen molar-refractivity contribution in [3.05, 3.63) is 59.7 Å². The van der Waals surface area contributed by atoms with Gasteiger partial charge < -0.3 is 19.9 Å². The van der Waals surface area contributed by atoms with E-state index in [1.807, 2.05) is 43.7 Å². The largest absolute Gasteiger partial charge is 0.395 e. The van der Waals surface area contributed by atoms with Crippen LogP contribution < -0.4 is 5.32 Å². The van der Waals surface area contributed by atoms with Gasteiger partial charge in [0.15, 0.2) is 11.6 Å². The zero-order chi connectivity index (χ0) is 27.7. The molecule has 5 rings (SSSR count). The van der Waals surface area contributed by atoms with Gasteiger partial charge in [0, 0.05) is 24.3 Å². The lowest BCUT2D eigenvalue weighted by Gasteiger charge is -2.34. The number of pyridine rings is 1. The smallest absolute Gasteiger partial charge is 0.229 e. The molecule has 1 atom stereocenters. The predicted molar refractivity (Wildman–Crippen MR) is 148 cm³/mol. The van der Waals surface area contributed by atoms with Gasteiger partial charge in [0.2, 0.25) is 5.95 Å². The minimum Gasteiger partial charge on any atom is -0.395 e. The van der Waals surface area contributed by atoms with E-state index < -0.39 is 11.6 Å². The fraction of sp³-hybridized carbons (Fsp3) is 0.448. The Hall–Kier alpha value is -3.50. The number of β-amino-alcohol motifs (C(OH)–C–C–N with tert-alkyl or cyclic N) is 1. The first-order valence-corrected chi connectivity index (χ1v) is 13.5. The van der Waals surface area contributed by atoms with Gasteiger partial charge in [-0.05, 0) is 82.3 Å². The van der Waals surface area contributed by atoms with Crippen LogP contribution in [-0.4, -0.2) is 60.8 Å². The van der Waals surface area contributed by atoms with Crippen molar-refractivity contribution in [2.75, 3.05) is 31.6 Å². The Labute approximate surface area is 227 Å². The number of imidazole rings is 1. The number of nitrogens with zero attached hydrogens (tertiary/aromatic N) is 6. The summed E-state index contributed by atoms with van der Waals surface area (Å²) >= 11 is 0. The van der Waals surface area contributed by atoms with Gasteiger partial charge in [0.25, 0.3) is 0 Å². The Morgan fingerprint density at radius 2 is 1.79 bits per heavy atom. The second kappa shape index (κ2) is 11.3. The number of rotatable bonds is 8. The van der Waals surface area contributed by atoms with Gasteiger partial charge >= 0.3 is 0 Å². The molecule has 1 aromatic carbocycles. The first-order valence-electron chi connectivity index (χ1n) is 13.5. The van der Waals surface area contributed by atoms with E-state index in [0.29, 0.717) is 34.6 Å². The van der Waals surface area contributed by atoms with Crippen molar-refractivity contribution in [3.8, 4) is 11.3 Å². The molecular weight excluding hydrogens is 500 g/mol. The average molecular weight is 536 g/mol. The molecule has 4 aromatic rings. The van der Waals surface area contributed by atoms with E-state index in [9.17, 15) is 8.78 Å². The standard InChI is InChI=1S/C29H35F2N7O/c1-17(2)38-19(4)34-28-23(30)13-22(14-25(28)38)27-24(31)16-33-29(36-27)35-26-6-5-21(15-32-26)18(3)20-7-9-37(10-8-20)11-12-39/h5-6,13-18,20,39H,7-12H2,1-4H3,(H,32,33,35,36)/t18-/m1/s1. The number of likely N-dealkylation sites (tertiary alicyclic amines) is 1. The van der Waals surface area contributed by atoms with Gasteiger partial charge in [-0.2, -0.15) is 0 Å². The molecule has 10 heteroatoms. The SMILES string of the molecule is Cc1nc2c(F)cc(-c3nc(Nc4ccc([C@H](C)C5CCN(CCO)CC5)cn4)ncc3F)cc2n1C(C)C. The summed E-state index contributed by atoms with van der Waals surface area (Å²) in [6.07, 6.45) is 5.13. The zero-order valence-corrected chi connectivity index (χ0v) is 22.8. The van der Waals surface area contributed by atoms with Crippen LogP contribution in [-0.2, 0) is 0 Å². The lowest BCUT2D eigenvalue weighted by Crippen LogP contribution is -2.36. The monoisotopic (exact) mass is 535 g/mol. The van der Waals surface area contributed by atoms with E-state index >= 15 is 0 Å². The first-order chi connectivity index (χ1) is 18.7. The number of hydrogen-bond donors (Lipinski definition) is 2. The van der Waals surface area contributed by atoms with Crippen molar-refractivity contribution in [1.29, 1.82) is 0 Å². The van der Waals surface area contributed by atoms with Crippen LogP contribution in [0.1, 0.15) is 57.0 Å². The van der Waals surface area contributed by atoms with E-state index in [0.717, 1.165) is 44.2 Å². The molecule has 0 spiro atoms. The van der Waals surface area contributed by atoms with E-state index in [2.05, 4.69) is 37.1 Å². The van der Waals surface area contributed by atoms with Crippen LogP contribution in [0.4, 0.5) is 20.5 Å². The van der Waals surface area contributed by atoms with Crippen LogP contribution in [0.15, 0.2) is 36.7 Å².